The van der Waals surface area contributed by atoms with Crippen LogP contribution in [0.1, 0.15) is 16.7 Å². The van der Waals surface area contributed by atoms with Crippen molar-refractivity contribution in [3.63, 3.8) is 0 Å². The number of rotatable bonds is 4. The van der Waals surface area contributed by atoms with Crippen LogP contribution in [0.2, 0.25) is 0 Å². The molecule has 1 aliphatic heterocycles. The highest BCUT2D eigenvalue weighted by atomic mass is 32.2. The maximum Gasteiger partial charge on any atom is 0.243 e. The van der Waals surface area contributed by atoms with Gasteiger partial charge in [0.2, 0.25) is 10.0 Å². The summed E-state index contributed by atoms with van der Waals surface area (Å²) in [6.45, 7) is 2.57. The molecule has 0 amide bonds. The number of para-hydroxylation sites is 1. The minimum absolute atomic E-state index is 0.304. The van der Waals surface area contributed by atoms with Gasteiger partial charge in [-0.05, 0) is 58.5 Å². The van der Waals surface area contributed by atoms with Crippen molar-refractivity contribution >= 4 is 31.7 Å². The molecule has 0 bridgehead atoms. The Balaban J connectivity index is 1.58. The number of benzene rings is 5. The van der Waals surface area contributed by atoms with E-state index in [0.717, 1.165) is 60.6 Å². The second-order valence-electron chi connectivity index (χ2n) is 10.1. The number of aryl methyl sites for hydroxylation is 1. The van der Waals surface area contributed by atoms with Gasteiger partial charge in [-0.25, -0.2) is 8.42 Å². The highest BCUT2D eigenvalue weighted by Crippen LogP contribution is 2.48. The monoisotopic (exact) mass is 526 g/mol. The van der Waals surface area contributed by atoms with Crippen molar-refractivity contribution in [1.82, 2.24) is 9.29 Å². The number of nitrogens with zero attached hydrogens (tertiary/aromatic N) is 2. The van der Waals surface area contributed by atoms with Crippen LogP contribution in [0.15, 0.2) is 120 Å². The molecular formula is C34H26N2O2S. The lowest BCUT2D eigenvalue weighted by molar-refractivity contribution is 0.432. The topological polar surface area (TPSA) is 50.3 Å². The molecule has 0 fully saturated rings. The van der Waals surface area contributed by atoms with Gasteiger partial charge >= 0.3 is 0 Å². The van der Waals surface area contributed by atoms with Crippen molar-refractivity contribution in [1.29, 1.82) is 0 Å². The maximum atomic E-state index is 13.9. The van der Waals surface area contributed by atoms with Crippen molar-refractivity contribution in [2.24, 2.45) is 0 Å². The van der Waals surface area contributed by atoms with Crippen LogP contribution in [-0.2, 0) is 23.1 Å². The molecule has 0 saturated carbocycles. The zero-order valence-electron chi connectivity index (χ0n) is 21.5. The van der Waals surface area contributed by atoms with Crippen LogP contribution in [-0.4, -0.2) is 17.7 Å². The van der Waals surface area contributed by atoms with Crippen molar-refractivity contribution in [3.8, 4) is 22.3 Å². The van der Waals surface area contributed by atoms with E-state index in [1.807, 2.05) is 79.9 Å². The van der Waals surface area contributed by atoms with Gasteiger partial charge in [-0.1, -0.05) is 96.6 Å². The van der Waals surface area contributed by atoms with Crippen LogP contribution < -0.4 is 0 Å². The molecule has 1 aliphatic rings. The summed E-state index contributed by atoms with van der Waals surface area (Å²) < 4.78 is 29.5. The third-order valence-corrected chi connectivity index (χ3v) is 9.52. The molecule has 190 valence electrons. The molecule has 5 heteroatoms. The first kappa shape index (κ1) is 23.8. The van der Waals surface area contributed by atoms with E-state index < -0.39 is 10.0 Å². The second kappa shape index (κ2) is 9.16. The zero-order chi connectivity index (χ0) is 26.6. The summed E-state index contributed by atoms with van der Waals surface area (Å²) in [5, 5.41) is 3.21. The highest BCUT2D eigenvalue weighted by molar-refractivity contribution is 7.89. The predicted octanol–water partition coefficient (Wildman–Crippen LogP) is 7.73. The van der Waals surface area contributed by atoms with E-state index in [1.54, 1.807) is 16.4 Å². The predicted molar refractivity (Wildman–Crippen MR) is 158 cm³/mol. The van der Waals surface area contributed by atoms with E-state index >= 15 is 0 Å². The molecule has 7 rings (SSSR count). The average Bonchev–Trinajstić information content (AvgIpc) is 3.42. The molecule has 6 aromatic rings. The number of hydrogen-bond donors (Lipinski definition) is 0. The van der Waals surface area contributed by atoms with Gasteiger partial charge in [0.25, 0.3) is 0 Å². The van der Waals surface area contributed by atoms with E-state index in [2.05, 4.69) is 30.3 Å². The molecule has 39 heavy (non-hydrogen) atoms. The molecule has 0 N–H and O–H groups in total. The molecule has 5 aromatic carbocycles. The van der Waals surface area contributed by atoms with Crippen LogP contribution in [0.5, 0.6) is 0 Å². The van der Waals surface area contributed by atoms with Gasteiger partial charge in [0, 0.05) is 35.4 Å². The summed E-state index contributed by atoms with van der Waals surface area (Å²) >= 11 is 0. The standard InChI is InChI=1S/C34H26N2O2S/c1-23-16-18-26(19-17-23)39(37,38)36-21-29-30(22-36)33(25-12-6-3-7-13-25)34-27-14-8-9-15-31(27)35-20-28(34)32(29)24-10-4-2-5-11-24/h2-20H,21-22H2,1H3. The first-order valence-corrected chi connectivity index (χ1v) is 14.5. The Morgan fingerprint density at radius 1 is 0.641 bits per heavy atom. The number of fused-ring (bicyclic) bond motifs is 4. The smallest absolute Gasteiger partial charge is 0.243 e. The van der Waals surface area contributed by atoms with Gasteiger partial charge in [-0.15, -0.1) is 0 Å². The van der Waals surface area contributed by atoms with Gasteiger partial charge in [-0.2, -0.15) is 4.31 Å². The normalized spacial score (nSPS) is 13.7. The Labute approximate surface area is 228 Å². The summed E-state index contributed by atoms with van der Waals surface area (Å²) in [5.74, 6) is 0. The van der Waals surface area contributed by atoms with Gasteiger partial charge < -0.3 is 0 Å². The lowest BCUT2D eigenvalue weighted by Crippen LogP contribution is -2.25. The van der Waals surface area contributed by atoms with Gasteiger partial charge in [-0.3, -0.25) is 4.98 Å². The molecule has 0 saturated heterocycles. The second-order valence-corrected chi connectivity index (χ2v) is 12.0. The molecule has 0 unspecified atom stereocenters. The Morgan fingerprint density at radius 3 is 1.87 bits per heavy atom. The minimum Gasteiger partial charge on any atom is -0.256 e. The molecule has 0 spiro atoms. The average molecular weight is 527 g/mol. The van der Waals surface area contributed by atoms with Gasteiger partial charge in [0.1, 0.15) is 0 Å². The molecule has 0 atom stereocenters. The van der Waals surface area contributed by atoms with Gasteiger partial charge in [0.15, 0.2) is 0 Å². The summed E-state index contributed by atoms with van der Waals surface area (Å²) in [4.78, 5) is 5.17. The van der Waals surface area contributed by atoms with E-state index in [-0.39, 0.29) is 0 Å². The number of hydrogen-bond acceptors (Lipinski definition) is 3. The number of pyridine rings is 1. The lowest BCUT2D eigenvalue weighted by Gasteiger charge is -2.19. The molecule has 0 aliphatic carbocycles. The van der Waals surface area contributed by atoms with E-state index in [1.165, 1.54) is 0 Å². The summed E-state index contributed by atoms with van der Waals surface area (Å²) in [6, 6.07) is 35.9. The fourth-order valence-corrected chi connectivity index (χ4v) is 7.24. The Bertz CT molecular complexity index is 1970. The van der Waals surface area contributed by atoms with Crippen LogP contribution in [0.3, 0.4) is 0 Å². The quantitative estimate of drug-likeness (QED) is 0.221. The summed E-state index contributed by atoms with van der Waals surface area (Å²) in [7, 11) is -3.71. The Kier molecular flexibility index (Phi) is 5.58. The number of sulfonamides is 1. The van der Waals surface area contributed by atoms with Crippen LogP contribution in [0.25, 0.3) is 43.9 Å². The molecule has 2 heterocycles. The lowest BCUT2D eigenvalue weighted by atomic mass is 9.84. The highest BCUT2D eigenvalue weighted by Gasteiger charge is 2.35. The van der Waals surface area contributed by atoms with Crippen LogP contribution in [0.4, 0.5) is 0 Å². The fraction of sp³-hybridized carbons (Fsp3) is 0.0882. The van der Waals surface area contributed by atoms with Crippen molar-refractivity contribution in [2.75, 3.05) is 0 Å². The Hall–Kier alpha value is -4.32. The van der Waals surface area contributed by atoms with E-state index in [9.17, 15) is 8.42 Å². The number of aromatic nitrogens is 1. The molecule has 4 nitrogen and oxygen atoms in total. The minimum atomic E-state index is -3.71. The largest absolute Gasteiger partial charge is 0.256 e. The first-order valence-electron chi connectivity index (χ1n) is 13.1. The SMILES string of the molecule is Cc1ccc(S(=O)(=O)N2Cc3c(c(-c4ccccc4)c4c(cnc5ccccc54)c3-c3ccccc3)C2)cc1. The fourth-order valence-electron chi connectivity index (χ4n) is 5.86. The third-order valence-electron chi connectivity index (χ3n) is 7.72. The summed E-state index contributed by atoms with van der Waals surface area (Å²) in [6.07, 6.45) is 1.96. The summed E-state index contributed by atoms with van der Waals surface area (Å²) in [5.41, 5.74) is 8.32. The maximum absolute atomic E-state index is 13.9. The van der Waals surface area contributed by atoms with Crippen molar-refractivity contribution < 1.29 is 8.42 Å². The van der Waals surface area contributed by atoms with Crippen LogP contribution in [0, 0.1) is 6.92 Å². The third kappa shape index (κ3) is 3.85. The Morgan fingerprint density at radius 2 is 1.21 bits per heavy atom. The van der Waals surface area contributed by atoms with Gasteiger partial charge in [0.05, 0.1) is 10.4 Å². The first-order chi connectivity index (χ1) is 19.0. The van der Waals surface area contributed by atoms with E-state index in [4.69, 9.17) is 4.98 Å². The van der Waals surface area contributed by atoms with Crippen molar-refractivity contribution in [3.05, 3.63) is 132 Å². The van der Waals surface area contributed by atoms with E-state index in [0.29, 0.717) is 18.0 Å². The molecule has 0 radical (unpaired) electrons. The van der Waals surface area contributed by atoms with Crippen molar-refractivity contribution in [2.45, 2.75) is 24.9 Å². The molecular weight excluding hydrogens is 500 g/mol. The molecule has 1 aromatic heterocycles. The zero-order valence-corrected chi connectivity index (χ0v) is 22.3. The van der Waals surface area contributed by atoms with Crippen LogP contribution >= 0.6 is 0 Å².